The van der Waals surface area contributed by atoms with Crippen molar-refractivity contribution >= 4 is 17.8 Å². The Morgan fingerprint density at radius 3 is 2.82 bits per heavy atom. The maximum absolute atomic E-state index is 12.8. The summed E-state index contributed by atoms with van der Waals surface area (Å²) >= 11 is 0. The Morgan fingerprint density at radius 1 is 1.18 bits per heavy atom. The van der Waals surface area contributed by atoms with Gasteiger partial charge in [-0.25, -0.2) is 4.98 Å². The Bertz CT molecular complexity index is 827. The van der Waals surface area contributed by atoms with Crippen LogP contribution in [0.1, 0.15) is 24.8 Å². The molecule has 1 amide bonds. The van der Waals surface area contributed by atoms with Crippen LogP contribution < -0.4 is 4.90 Å². The normalized spacial score (nSPS) is 25.4. The van der Waals surface area contributed by atoms with E-state index in [0.717, 1.165) is 37.3 Å². The summed E-state index contributed by atoms with van der Waals surface area (Å²) in [7, 11) is 0. The molecular weight excluding hydrogens is 352 g/mol. The van der Waals surface area contributed by atoms with Crippen molar-refractivity contribution in [3.63, 3.8) is 0 Å². The highest BCUT2D eigenvalue weighted by molar-refractivity contribution is 5.91. The molecule has 6 nitrogen and oxygen atoms in total. The van der Waals surface area contributed by atoms with Crippen molar-refractivity contribution in [1.29, 1.82) is 0 Å². The zero-order chi connectivity index (χ0) is 19.4. The fourth-order valence-electron chi connectivity index (χ4n) is 4.39. The van der Waals surface area contributed by atoms with Gasteiger partial charge in [0, 0.05) is 50.1 Å². The molecule has 2 aliphatic rings. The van der Waals surface area contributed by atoms with E-state index in [4.69, 9.17) is 0 Å². The smallest absolute Gasteiger partial charge is 0.246 e. The lowest BCUT2D eigenvalue weighted by Crippen LogP contribution is -2.60. The lowest BCUT2D eigenvalue weighted by Gasteiger charge is -2.51. The van der Waals surface area contributed by atoms with Gasteiger partial charge in [-0.05, 0) is 30.9 Å². The van der Waals surface area contributed by atoms with Crippen LogP contribution in [0.3, 0.4) is 0 Å². The van der Waals surface area contributed by atoms with Gasteiger partial charge in [0.25, 0.3) is 0 Å². The van der Waals surface area contributed by atoms with E-state index in [1.165, 1.54) is 0 Å². The third kappa shape index (κ3) is 3.92. The zero-order valence-electron chi connectivity index (χ0n) is 15.9. The maximum Gasteiger partial charge on any atom is 0.246 e. The minimum absolute atomic E-state index is 0.00625. The van der Waals surface area contributed by atoms with E-state index >= 15 is 0 Å². The highest BCUT2D eigenvalue weighted by Gasteiger charge is 2.46. The highest BCUT2D eigenvalue weighted by Crippen LogP contribution is 2.39. The van der Waals surface area contributed by atoms with Crippen LogP contribution in [-0.2, 0) is 4.79 Å². The Balaban J connectivity index is 1.48. The molecule has 2 atom stereocenters. The standard InChI is InChI=1S/C22H26N4O2/c27-19-9-14-25(20-15-23-11-12-24-20)16-22(19)10-4-13-26(17-22)21(28)8-7-18-5-2-1-3-6-18/h1-3,5-8,11-12,15,19,27H,4,9-10,13-14,16-17H2/b8-7+/t19-,22-/m1/s1. The number of amides is 1. The van der Waals surface area contributed by atoms with Crippen LogP contribution in [0.5, 0.6) is 0 Å². The summed E-state index contributed by atoms with van der Waals surface area (Å²) in [5.74, 6) is 0.841. The van der Waals surface area contributed by atoms with Crippen molar-refractivity contribution in [2.75, 3.05) is 31.1 Å². The van der Waals surface area contributed by atoms with Crippen LogP contribution in [-0.4, -0.2) is 58.2 Å². The zero-order valence-corrected chi connectivity index (χ0v) is 15.9. The molecule has 2 aromatic rings. The number of benzene rings is 1. The Kier molecular flexibility index (Phi) is 5.39. The largest absolute Gasteiger partial charge is 0.392 e. The van der Waals surface area contributed by atoms with E-state index < -0.39 is 6.10 Å². The molecule has 0 radical (unpaired) electrons. The van der Waals surface area contributed by atoms with E-state index in [-0.39, 0.29) is 11.3 Å². The maximum atomic E-state index is 12.8. The van der Waals surface area contributed by atoms with E-state index in [9.17, 15) is 9.90 Å². The second-order valence-corrected chi connectivity index (χ2v) is 7.76. The quantitative estimate of drug-likeness (QED) is 0.831. The molecule has 2 saturated heterocycles. The second-order valence-electron chi connectivity index (χ2n) is 7.76. The van der Waals surface area contributed by atoms with Gasteiger partial charge in [-0.3, -0.25) is 9.78 Å². The average Bonchev–Trinajstić information content (AvgIpc) is 2.75. The van der Waals surface area contributed by atoms with Gasteiger partial charge >= 0.3 is 0 Å². The Morgan fingerprint density at radius 2 is 2.04 bits per heavy atom. The van der Waals surface area contributed by atoms with Crippen molar-refractivity contribution in [2.45, 2.75) is 25.4 Å². The summed E-state index contributed by atoms with van der Waals surface area (Å²) in [6.45, 7) is 2.75. The molecule has 0 bridgehead atoms. The number of hydrogen-bond acceptors (Lipinski definition) is 5. The molecular formula is C22H26N4O2. The van der Waals surface area contributed by atoms with Crippen LogP contribution in [0.25, 0.3) is 6.08 Å². The number of nitrogens with zero attached hydrogens (tertiary/aromatic N) is 4. The van der Waals surface area contributed by atoms with E-state index in [2.05, 4.69) is 14.9 Å². The first-order chi connectivity index (χ1) is 13.7. The third-order valence-electron chi connectivity index (χ3n) is 5.90. The van der Waals surface area contributed by atoms with E-state index in [0.29, 0.717) is 19.5 Å². The number of carbonyl (C=O) groups excluding carboxylic acids is 1. The van der Waals surface area contributed by atoms with Gasteiger partial charge < -0.3 is 14.9 Å². The van der Waals surface area contributed by atoms with Gasteiger partial charge in [0.1, 0.15) is 5.82 Å². The topological polar surface area (TPSA) is 69.6 Å². The van der Waals surface area contributed by atoms with Gasteiger partial charge in [-0.2, -0.15) is 0 Å². The first-order valence-electron chi connectivity index (χ1n) is 9.87. The van der Waals surface area contributed by atoms with Gasteiger partial charge in [-0.15, -0.1) is 0 Å². The molecule has 1 aromatic carbocycles. The molecule has 3 heterocycles. The van der Waals surface area contributed by atoms with Crippen LogP contribution >= 0.6 is 0 Å². The monoisotopic (exact) mass is 378 g/mol. The number of carbonyl (C=O) groups is 1. The minimum atomic E-state index is -0.408. The lowest BCUT2D eigenvalue weighted by molar-refractivity contribution is -0.132. The molecule has 1 N–H and O–H groups in total. The molecule has 1 aromatic heterocycles. The van der Waals surface area contributed by atoms with E-state index in [1.54, 1.807) is 24.7 Å². The van der Waals surface area contributed by atoms with Gasteiger partial charge in [0.15, 0.2) is 0 Å². The molecule has 0 aliphatic carbocycles. The molecule has 146 valence electrons. The van der Waals surface area contributed by atoms with Crippen LogP contribution in [0, 0.1) is 5.41 Å². The third-order valence-corrected chi connectivity index (χ3v) is 5.90. The summed E-state index contributed by atoms with van der Waals surface area (Å²) in [5.41, 5.74) is 0.693. The van der Waals surface area contributed by atoms with Crippen molar-refractivity contribution in [3.8, 4) is 0 Å². The van der Waals surface area contributed by atoms with Crippen LogP contribution in [0.15, 0.2) is 55.0 Å². The van der Waals surface area contributed by atoms with Crippen molar-refractivity contribution in [1.82, 2.24) is 14.9 Å². The average molecular weight is 378 g/mol. The summed E-state index contributed by atoms with van der Waals surface area (Å²) < 4.78 is 0. The predicted octanol–water partition coefficient (Wildman–Crippen LogP) is 2.37. The minimum Gasteiger partial charge on any atom is -0.392 e. The van der Waals surface area contributed by atoms with Gasteiger partial charge in [0.2, 0.25) is 5.91 Å². The number of piperidine rings is 2. The number of aliphatic hydroxyl groups excluding tert-OH is 1. The van der Waals surface area contributed by atoms with Crippen LogP contribution in [0.2, 0.25) is 0 Å². The molecule has 28 heavy (non-hydrogen) atoms. The highest BCUT2D eigenvalue weighted by atomic mass is 16.3. The molecule has 4 rings (SSSR count). The number of hydrogen-bond donors (Lipinski definition) is 1. The first kappa shape index (κ1) is 18.6. The number of aromatic nitrogens is 2. The van der Waals surface area contributed by atoms with Crippen molar-refractivity contribution < 1.29 is 9.90 Å². The summed E-state index contributed by atoms with van der Waals surface area (Å²) in [5, 5.41) is 10.8. The molecule has 2 fully saturated rings. The SMILES string of the molecule is O=C(/C=C/c1ccccc1)N1CCC[C@]2(C1)CN(c1cnccn1)CC[C@H]2O. The van der Waals surface area contributed by atoms with E-state index in [1.807, 2.05) is 41.3 Å². The first-order valence-corrected chi connectivity index (χ1v) is 9.87. The Labute approximate surface area is 165 Å². The fraction of sp³-hybridized carbons (Fsp3) is 0.409. The van der Waals surface area contributed by atoms with Gasteiger partial charge in [-0.1, -0.05) is 30.3 Å². The lowest BCUT2D eigenvalue weighted by atomic mass is 9.71. The molecule has 0 unspecified atom stereocenters. The predicted molar refractivity (Wildman–Crippen MR) is 109 cm³/mol. The van der Waals surface area contributed by atoms with Crippen LogP contribution in [0.4, 0.5) is 5.82 Å². The molecule has 0 saturated carbocycles. The molecule has 6 heteroatoms. The number of likely N-dealkylation sites (tertiary alicyclic amines) is 1. The number of aliphatic hydroxyl groups is 1. The number of anilines is 1. The fourth-order valence-corrected chi connectivity index (χ4v) is 4.39. The molecule has 1 spiro atoms. The number of rotatable bonds is 3. The summed E-state index contributed by atoms with van der Waals surface area (Å²) in [6.07, 6.45) is 10.7. The summed E-state index contributed by atoms with van der Waals surface area (Å²) in [6, 6.07) is 9.83. The second kappa shape index (κ2) is 8.10. The van der Waals surface area contributed by atoms with Crippen molar-refractivity contribution in [2.24, 2.45) is 5.41 Å². The Hall–Kier alpha value is -2.73. The molecule has 2 aliphatic heterocycles. The summed E-state index contributed by atoms with van der Waals surface area (Å²) in [4.78, 5) is 25.4. The van der Waals surface area contributed by atoms with Crippen molar-refractivity contribution in [3.05, 3.63) is 60.6 Å². The van der Waals surface area contributed by atoms with Gasteiger partial charge in [0.05, 0.1) is 12.3 Å².